The number of amides is 2. The number of aryl methyl sites for hydroxylation is 1. The number of aromatic nitrogens is 2. The number of likely N-dealkylation sites (tertiary alicyclic amines) is 1. The van der Waals surface area contributed by atoms with Gasteiger partial charge in [0.25, 0.3) is 5.56 Å². The van der Waals surface area contributed by atoms with E-state index in [0.717, 1.165) is 12.8 Å². The number of piperidine rings is 1. The van der Waals surface area contributed by atoms with Crippen LogP contribution in [0.15, 0.2) is 41.2 Å². The smallest absolute Gasteiger partial charge is 0.323 e. The van der Waals surface area contributed by atoms with Gasteiger partial charge in [-0.2, -0.15) is 5.10 Å². The van der Waals surface area contributed by atoms with E-state index >= 15 is 0 Å². The number of urea groups is 1. The number of hydrogen-bond donors (Lipinski definition) is 1. The maximum atomic E-state index is 12.3. The number of nitrogens with one attached hydrogen (secondary N) is 1. The molecule has 2 amide bonds. The van der Waals surface area contributed by atoms with Crippen LogP contribution in [0.25, 0.3) is 0 Å². The molecule has 138 valence electrons. The fraction of sp³-hybridized carbons (Fsp3) is 0.389. The average molecular weight is 377 g/mol. The molecule has 0 aliphatic carbocycles. The van der Waals surface area contributed by atoms with E-state index in [1.807, 2.05) is 18.2 Å². The molecule has 1 aliphatic rings. The Balaban J connectivity index is 1.47. The molecule has 3 rings (SSSR count). The van der Waals surface area contributed by atoms with E-state index in [0.29, 0.717) is 42.2 Å². The van der Waals surface area contributed by atoms with Crippen LogP contribution in [0.3, 0.4) is 0 Å². The number of carbonyl (C=O) groups is 1. The average Bonchev–Trinajstić information content (AvgIpc) is 2.64. The maximum absolute atomic E-state index is 12.3. The van der Waals surface area contributed by atoms with Gasteiger partial charge in [-0.3, -0.25) is 10.1 Å². The molecule has 7 nitrogen and oxygen atoms in total. The molecule has 1 aromatic heterocycles. The number of para-hydroxylation sites is 1. The Labute approximate surface area is 156 Å². The molecule has 1 N–H and O–H groups in total. The summed E-state index contributed by atoms with van der Waals surface area (Å²) in [5.41, 5.74) is -0.220. The standard InChI is InChI=1S/C18H21ClN4O3/c1-22-17(24)7-6-16(21-22)20-18(25)23-10-8-13(9-11-23)12-26-15-5-3-2-4-14(15)19/h2-7,13H,8-12H2,1H3,(H,20,21,25). The minimum absolute atomic E-state index is 0.207. The number of carbonyl (C=O) groups excluding carboxylic acids is 1. The molecule has 0 saturated carbocycles. The van der Waals surface area contributed by atoms with Crippen molar-refractivity contribution in [1.29, 1.82) is 0 Å². The third-order valence-corrected chi connectivity index (χ3v) is 4.72. The van der Waals surface area contributed by atoms with Crippen LogP contribution in [0.2, 0.25) is 5.02 Å². The topological polar surface area (TPSA) is 76.5 Å². The second-order valence-corrected chi connectivity index (χ2v) is 6.69. The van der Waals surface area contributed by atoms with Gasteiger partial charge in [0.2, 0.25) is 0 Å². The Morgan fingerprint density at radius 2 is 2.00 bits per heavy atom. The summed E-state index contributed by atoms with van der Waals surface area (Å²) < 4.78 is 6.99. The van der Waals surface area contributed by atoms with Gasteiger partial charge in [0.1, 0.15) is 5.75 Å². The Hall–Kier alpha value is -2.54. The Morgan fingerprint density at radius 1 is 1.27 bits per heavy atom. The van der Waals surface area contributed by atoms with Crippen molar-refractivity contribution in [2.75, 3.05) is 25.0 Å². The van der Waals surface area contributed by atoms with E-state index in [4.69, 9.17) is 16.3 Å². The quantitative estimate of drug-likeness (QED) is 0.890. The summed E-state index contributed by atoms with van der Waals surface area (Å²) in [7, 11) is 1.54. The highest BCUT2D eigenvalue weighted by Crippen LogP contribution is 2.25. The molecule has 2 aromatic rings. The molecular formula is C18H21ClN4O3. The summed E-state index contributed by atoms with van der Waals surface area (Å²) in [6.45, 7) is 1.88. The van der Waals surface area contributed by atoms with E-state index in [1.165, 1.54) is 16.8 Å². The van der Waals surface area contributed by atoms with Gasteiger partial charge in [0, 0.05) is 26.2 Å². The van der Waals surface area contributed by atoms with Crippen LogP contribution in [0.4, 0.5) is 10.6 Å². The molecule has 1 saturated heterocycles. The third kappa shape index (κ3) is 4.54. The van der Waals surface area contributed by atoms with Crippen molar-refractivity contribution in [2.45, 2.75) is 12.8 Å². The molecule has 26 heavy (non-hydrogen) atoms. The minimum atomic E-state index is -0.220. The number of ether oxygens (including phenoxy) is 1. The minimum Gasteiger partial charge on any atom is -0.492 e. The number of hydrogen-bond acceptors (Lipinski definition) is 4. The van der Waals surface area contributed by atoms with Crippen LogP contribution >= 0.6 is 11.6 Å². The van der Waals surface area contributed by atoms with Crippen molar-refractivity contribution in [3.05, 3.63) is 51.8 Å². The first-order valence-electron chi connectivity index (χ1n) is 8.50. The van der Waals surface area contributed by atoms with Crippen LogP contribution in [0, 0.1) is 5.92 Å². The lowest BCUT2D eigenvalue weighted by Crippen LogP contribution is -2.42. The van der Waals surface area contributed by atoms with Crippen LogP contribution in [0.1, 0.15) is 12.8 Å². The van der Waals surface area contributed by atoms with E-state index < -0.39 is 0 Å². The van der Waals surface area contributed by atoms with Gasteiger partial charge < -0.3 is 9.64 Å². The van der Waals surface area contributed by atoms with Crippen molar-refractivity contribution < 1.29 is 9.53 Å². The van der Waals surface area contributed by atoms with E-state index in [9.17, 15) is 9.59 Å². The fourth-order valence-corrected chi connectivity index (χ4v) is 3.02. The van der Waals surface area contributed by atoms with E-state index in [1.54, 1.807) is 18.0 Å². The third-order valence-electron chi connectivity index (χ3n) is 4.41. The van der Waals surface area contributed by atoms with E-state index in [2.05, 4.69) is 10.4 Å². The van der Waals surface area contributed by atoms with Crippen molar-refractivity contribution in [1.82, 2.24) is 14.7 Å². The summed E-state index contributed by atoms with van der Waals surface area (Å²) in [5.74, 6) is 1.43. The first kappa shape index (κ1) is 18.3. The lowest BCUT2D eigenvalue weighted by Gasteiger charge is -2.31. The van der Waals surface area contributed by atoms with Crippen LogP contribution in [0.5, 0.6) is 5.75 Å². The van der Waals surface area contributed by atoms with Crippen LogP contribution < -0.4 is 15.6 Å². The molecule has 0 spiro atoms. The number of rotatable bonds is 4. The summed E-state index contributed by atoms with van der Waals surface area (Å²) >= 11 is 6.09. The molecule has 1 fully saturated rings. The summed E-state index contributed by atoms with van der Waals surface area (Å²) in [4.78, 5) is 25.4. The number of nitrogens with zero attached hydrogens (tertiary/aromatic N) is 3. The summed E-state index contributed by atoms with van der Waals surface area (Å²) in [6.07, 6.45) is 1.72. The van der Waals surface area contributed by atoms with Gasteiger partial charge in [-0.25, -0.2) is 9.48 Å². The summed E-state index contributed by atoms with van der Waals surface area (Å²) in [6, 6.07) is 10.1. The summed E-state index contributed by atoms with van der Waals surface area (Å²) in [5, 5.41) is 7.34. The SMILES string of the molecule is Cn1nc(NC(=O)N2CCC(COc3ccccc3Cl)CC2)ccc1=O. The zero-order valence-corrected chi connectivity index (χ0v) is 15.3. The number of halogens is 1. The fourth-order valence-electron chi connectivity index (χ4n) is 2.83. The predicted octanol–water partition coefficient (Wildman–Crippen LogP) is 2.76. The van der Waals surface area contributed by atoms with E-state index in [-0.39, 0.29) is 11.6 Å². The lowest BCUT2D eigenvalue weighted by molar-refractivity contribution is 0.152. The highest BCUT2D eigenvalue weighted by atomic mass is 35.5. The zero-order valence-electron chi connectivity index (χ0n) is 14.5. The normalized spacial score (nSPS) is 14.9. The van der Waals surface area contributed by atoms with Gasteiger partial charge in [0.15, 0.2) is 5.82 Å². The van der Waals surface area contributed by atoms with Gasteiger partial charge >= 0.3 is 6.03 Å². The van der Waals surface area contributed by atoms with Gasteiger partial charge in [0.05, 0.1) is 11.6 Å². The van der Waals surface area contributed by atoms with Crippen LogP contribution in [-0.4, -0.2) is 40.4 Å². The highest BCUT2D eigenvalue weighted by Gasteiger charge is 2.23. The Morgan fingerprint density at radius 3 is 2.69 bits per heavy atom. The van der Waals surface area contributed by atoms with Crippen molar-refractivity contribution in [3.8, 4) is 5.75 Å². The Bertz CT molecular complexity index is 831. The van der Waals surface area contributed by atoms with Gasteiger partial charge in [-0.05, 0) is 37.0 Å². The number of anilines is 1. The predicted molar refractivity (Wildman–Crippen MR) is 99.7 cm³/mol. The molecule has 0 bridgehead atoms. The van der Waals surface area contributed by atoms with Crippen molar-refractivity contribution in [2.24, 2.45) is 13.0 Å². The van der Waals surface area contributed by atoms with Crippen LogP contribution in [-0.2, 0) is 7.05 Å². The highest BCUT2D eigenvalue weighted by molar-refractivity contribution is 6.32. The van der Waals surface area contributed by atoms with Gasteiger partial charge in [-0.1, -0.05) is 23.7 Å². The monoisotopic (exact) mass is 376 g/mol. The maximum Gasteiger partial charge on any atom is 0.323 e. The molecular weight excluding hydrogens is 356 g/mol. The number of benzene rings is 1. The second-order valence-electron chi connectivity index (χ2n) is 6.28. The first-order valence-corrected chi connectivity index (χ1v) is 8.88. The second kappa shape index (κ2) is 8.23. The molecule has 8 heteroatoms. The molecule has 0 unspecified atom stereocenters. The van der Waals surface area contributed by atoms with Crippen molar-refractivity contribution >= 4 is 23.4 Å². The van der Waals surface area contributed by atoms with Gasteiger partial charge in [-0.15, -0.1) is 0 Å². The molecule has 1 aliphatic heterocycles. The first-order chi connectivity index (χ1) is 12.5. The largest absolute Gasteiger partial charge is 0.492 e. The lowest BCUT2D eigenvalue weighted by atomic mass is 9.98. The molecule has 1 aromatic carbocycles. The molecule has 0 atom stereocenters. The zero-order chi connectivity index (χ0) is 18.5. The molecule has 0 radical (unpaired) electrons. The van der Waals surface area contributed by atoms with Crippen molar-refractivity contribution in [3.63, 3.8) is 0 Å². The molecule has 2 heterocycles. The Kier molecular flexibility index (Phi) is 5.78.